The molecule has 0 aliphatic carbocycles. The Labute approximate surface area is 609 Å². The van der Waals surface area contributed by atoms with Crippen molar-refractivity contribution in [3.63, 3.8) is 0 Å². The van der Waals surface area contributed by atoms with Crippen molar-refractivity contribution in [2.24, 2.45) is 0 Å². The number of ether oxygens (including phenoxy) is 4. The minimum absolute atomic E-state index is 0.0261. The number of allylic oxidation sites excluding steroid dienone is 12. The summed E-state index contributed by atoms with van der Waals surface area (Å²) in [7, 11) is -9.96. The second kappa shape index (κ2) is 73.8. The van der Waals surface area contributed by atoms with Crippen LogP contribution in [0.4, 0.5) is 0 Å². The molecule has 2 unspecified atom stereocenters. The minimum atomic E-state index is -4.99. The molecule has 0 aromatic rings. The van der Waals surface area contributed by atoms with Gasteiger partial charge in [0.15, 0.2) is 12.2 Å². The maximum Gasteiger partial charge on any atom is 0.472 e. The third-order valence-corrected chi connectivity index (χ3v) is 19.1. The zero-order valence-corrected chi connectivity index (χ0v) is 65.4. The molecule has 0 aliphatic rings. The smallest absolute Gasteiger partial charge is 0.462 e. The molecule has 3 N–H and O–H groups in total. The van der Waals surface area contributed by atoms with Crippen molar-refractivity contribution in [1.82, 2.24) is 0 Å². The SMILES string of the molecule is CCCCC/C=C\C/C=C\C/C=C\C/C=C\C/C=C\CCC(=O)O[C@H](COC(=O)CCCCCCCCC/C=C\CCCCCC)COP(=O)(O)OC[C@@H](O)COP(=O)(O)OC[C@@H](COC(=O)CCCCCCCCCCCCCCC)OC(=O)CCCCCCCCCCCCCCC. The highest BCUT2D eigenvalue weighted by Crippen LogP contribution is 2.45. The summed E-state index contributed by atoms with van der Waals surface area (Å²) in [5.74, 6) is -2.24. The van der Waals surface area contributed by atoms with E-state index in [2.05, 4.69) is 82.4 Å². The summed E-state index contributed by atoms with van der Waals surface area (Å²) in [5, 5.41) is 10.6. The van der Waals surface area contributed by atoms with E-state index in [1.165, 1.54) is 167 Å². The molecular weight excluding hydrogens is 1310 g/mol. The second-order valence-electron chi connectivity index (χ2n) is 27.0. The summed E-state index contributed by atoms with van der Waals surface area (Å²) in [4.78, 5) is 72.9. The molecule has 0 rings (SSSR count). The Morgan fingerprint density at radius 1 is 0.280 bits per heavy atom. The van der Waals surface area contributed by atoms with E-state index in [1.54, 1.807) is 0 Å². The van der Waals surface area contributed by atoms with Crippen LogP contribution in [0.5, 0.6) is 0 Å². The number of unbranched alkanes of at least 4 members (excludes halogenated alkanes) is 38. The van der Waals surface area contributed by atoms with Gasteiger partial charge < -0.3 is 33.8 Å². The largest absolute Gasteiger partial charge is 0.472 e. The Bertz CT molecular complexity index is 2180. The van der Waals surface area contributed by atoms with Gasteiger partial charge in [-0.3, -0.25) is 37.3 Å². The number of rotatable bonds is 76. The number of phosphoric acid groups is 2. The van der Waals surface area contributed by atoms with Gasteiger partial charge in [-0.2, -0.15) is 0 Å². The maximum atomic E-state index is 13.1. The van der Waals surface area contributed by atoms with Crippen LogP contribution in [0.15, 0.2) is 72.9 Å². The predicted molar refractivity (Wildman–Crippen MR) is 409 cm³/mol. The fraction of sp³-hybridized carbons (Fsp3) is 0.802. The van der Waals surface area contributed by atoms with E-state index in [-0.39, 0.29) is 25.7 Å². The number of esters is 4. The van der Waals surface area contributed by atoms with Gasteiger partial charge in [0.2, 0.25) is 0 Å². The van der Waals surface area contributed by atoms with Crippen molar-refractivity contribution < 1.29 is 80.2 Å². The molecular formula is C81H146O17P2. The summed E-state index contributed by atoms with van der Waals surface area (Å²) in [5.41, 5.74) is 0. The van der Waals surface area contributed by atoms with Gasteiger partial charge in [-0.1, -0.05) is 319 Å². The molecule has 0 radical (unpaired) electrons. The Morgan fingerprint density at radius 3 is 0.850 bits per heavy atom. The summed E-state index contributed by atoms with van der Waals surface area (Å²) < 4.78 is 68.5. The summed E-state index contributed by atoms with van der Waals surface area (Å²) in [6, 6.07) is 0. The lowest BCUT2D eigenvalue weighted by atomic mass is 10.0. The maximum absolute atomic E-state index is 13.1. The number of phosphoric ester groups is 2. The summed E-state index contributed by atoms with van der Waals surface area (Å²) in [6.07, 6.45) is 74.6. The minimum Gasteiger partial charge on any atom is -0.462 e. The third-order valence-electron chi connectivity index (χ3n) is 17.2. The topological polar surface area (TPSA) is 237 Å². The first-order valence-electron chi connectivity index (χ1n) is 40.2. The number of carbonyl (C=O) groups excluding carboxylic acids is 4. The zero-order valence-electron chi connectivity index (χ0n) is 63.6. The average Bonchev–Trinajstić information content (AvgIpc) is 0.934. The molecule has 5 atom stereocenters. The van der Waals surface area contributed by atoms with E-state index >= 15 is 0 Å². The molecule has 582 valence electrons. The standard InChI is InChI=1S/C81H146O17P2/c1-5-9-13-17-21-25-29-33-35-36-37-38-40-44-48-52-56-60-64-68-81(86)98-77(72-92-79(84)66-62-58-54-50-46-43-39-34-30-26-22-18-14-10-6-2)74-96-100(89,90)94-70-75(82)69-93-99(87,88)95-73-76(97-80(85)67-63-59-55-51-47-42-32-28-24-20-16-12-8-4)71-91-78(83)65-61-57-53-49-45-41-31-27-23-19-15-11-7-3/h21,25-26,30,33,35,37-38,44,48,56,60,75-77,82H,5-20,22-24,27-29,31-32,34,36,39-43,45-47,49-55,57-59,61-74H2,1-4H3,(H,87,88)(H,89,90)/b25-21-,30-26-,35-33-,38-37-,48-44-,60-56-/t75-,76+,77+/m0/s1. The van der Waals surface area contributed by atoms with Crippen LogP contribution in [0.1, 0.15) is 362 Å². The van der Waals surface area contributed by atoms with Crippen LogP contribution < -0.4 is 0 Å². The van der Waals surface area contributed by atoms with E-state index in [1.807, 2.05) is 18.2 Å². The summed E-state index contributed by atoms with van der Waals surface area (Å²) >= 11 is 0. The first-order chi connectivity index (χ1) is 48.7. The number of hydrogen-bond acceptors (Lipinski definition) is 15. The molecule has 0 amide bonds. The van der Waals surface area contributed by atoms with E-state index < -0.39 is 97.5 Å². The first kappa shape index (κ1) is 96.5. The number of aliphatic hydroxyl groups is 1. The number of carbonyl (C=O) groups is 4. The van der Waals surface area contributed by atoms with Crippen LogP contribution in [-0.2, 0) is 65.4 Å². The molecule has 0 aromatic heterocycles. The van der Waals surface area contributed by atoms with Crippen molar-refractivity contribution in [3.05, 3.63) is 72.9 Å². The Kier molecular flexibility index (Phi) is 71.2. The van der Waals surface area contributed by atoms with Gasteiger partial charge in [-0.05, 0) is 89.9 Å². The molecule has 0 spiro atoms. The van der Waals surface area contributed by atoms with Crippen LogP contribution in [0.3, 0.4) is 0 Å². The van der Waals surface area contributed by atoms with Gasteiger partial charge in [0.05, 0.1) is 26.4 Å². The Hall–Kier alpha value is -3.50. The average molecular weight is 1450 g/mol. The molecule has 0 saturated carbocycles. The molecule has 0 aliphatic heterocycles. The van der Waals surface area contributed by atoms with Crippen LogP contribution in [0.25, 0.3) is 0 Å². The Morgan fingerprint density at radius 2 is 0.510 bits per heavy atom. The van der Waals surface area contributed by atoms with Gasteiger partial charge in [-0.25, -0.2) is 9.13 Å². The fourth-order valence-electron chi connectivity index (χ4n) is 11.0. The van der Waals surface area contributed by atoms with Crippen molar-refractivity contribution in [2.45, 2.75) is 380 Å². The molecule has 19 heteroatoms. The van der Waals surface area contributed by atoms with Crippen molar-refractivity contribution in [2.75, 3.05) is 39.6 Å². The highest BCUT2D eigenvalue weighted by atomic mass is 31.2. The summed E-state index contributed by atoms with van der Waals surface area (Å²) in [6.45, 7) is 4.81. The Balaban J connectivity index is 5.39. The zero-order chi connectivity index (χ0) is 73.2. The van der Waals surface area contributed by atoms with Crippen molar-refractivity contribution in [3.8, 4) is 0 Å². The fourth-order valence-corrected chi connectivity index (χ4v) is 12.6. The third kappa shape index (κ3) is 72.8. The van der Waals surface area contributed by atoms with Gasteiger partial charge >= 0.3 is 39.5 Å². The monoisotopic (exact) mass is 1450 g/mol. The van der Waals surface area contributed by atoms with E-state index in [4.69, 9.17) is 37.0 Å². The number of aliphatic hydroxyl groups excluding tert-OH is 1. The van der Waals surface area contributed by atoms with Gasteiger partial charge in [0.25, 0.3) is 0 Å². The highest BCUT2D eigenvalue weighted by molar-refractivity contribution is 7.47. The lowest BCUT2D eigenvalue weighted by Gasteiger charge is -2.21. The highest BCUT2D eigenvalue weighted by Gasteiger charge is 2.30. The van der Waals surface area contributed by atoms with Gasteiger partial charge in [-0.15, -0.1) is 0 Å². The molecule has 0 saturated heterocycles. The van der Waals surface area contributed by atoms with E-state index in [0.29, 0.717) is 32.1 Å². The molecule has 0 fully saturated rings. The lowest BCUT2D eigenvalue weighted by Crippen LogP contribution is -2.30. The molecule has 0 aromatic carbocycles. The molecule has 0 bridgehead atoms. The van der Waals surface area contributed by atoms with Crippen LogP contribution in [0, 0.1) is 0 Å². The quantitative estimate of drug-likeness (QED) is 0.0169. The normalized spacial score (nSPS) is 14.3. The van der Waals surface area contributed by atoms with Crippen LogP contribution in [0.2, 0.25) is 0 Å². The van der Waals surface area contributed by atoms with Gasteiger partial charge in [0.1, 0.15) is 19.3 Å². The lowest BCUT2D eigenvalue weighted by molar-refractivity contribution is -0.161. The molecule has 100 heavy (non-hydrogen) atoms. The predicted octanol–water partition coefficient (Wildman–Crippen LogP) is 23.2. The molecule has 0 heterocycles. The van der Waals surface area contributed by atoms with E-state index in [0.717, 1.165) is 109 Å². The van der Waals surface area contributed by atoms with Gasteiger partial charge in [0, 0.05) is 25.7 Å². The second-order valence-corrected chi connectivity index (χ2v) is 29.9. The first-order valence-corrected chi connectivity index (χ1v) is 43.2. The van der Waals surface area contributed by atoms with Crippen LogP contribution in [-0.4, -0.2) is 96.7 Å². The van der Waals surface area contributed by atoms with Crippen molar-refractivity contribution >= 4 is 39.5 Å². The van der Waals surface area contributed by atoms with Crippen LogP contribution >= 0.6 is 15.6 Å². The molecule has 17 nitrogen and oxygen atoms in total. The van der Waals surface area contributed by atoms with E-state index in [9.17, 15) is 43.2 Å². The van der Waals surface area contributed by atoms with Crippen molar-refractivity contribution in [1.29, 1.82) is 0 Å². The number of hydrogen-bond donors (Lipinski definition) is 3.